The average Bonchev–Trinajstić information content (AvgIpc) is 3.70. The minimum Gasteiger partial charge on any atom is -0.396 e. The Labute approximate surface area is 218 Å². The largest absolute Gasteiger partial charge is 0.396 e. The number of nitrogens with one attached hydrogen (secondary N) is 2. The molecule has 10 nitrogen and oxygen atoms in total. The molecule has 4 rings (SSSR count). The zero-order chi connectivity index (χ0) is 25.8. The number of benzene rings is 1. The highest BCUT2D eigenvalue weighted by Gasteiger charge is 2.56. The van der Waals surface area contributed by atoms with Crippen molar-refractivity contribution in [3.8, 4) is 11.4 Å². The van der Waals surface area contributed by atoms with Crippen LogP contribution in [0, 0.1) is 0 Å². The molecule has 1 atom stereocenters. The van der Waals surface area contributed by atoms with E-state index < -0.39 is 15.3 Å². The zero-order valence-corrected chi connectivity index (χ0v) is 22.0. The summed E-state index contributed by atoms with van der Waals surface area (Å²) in [6, 6.07) is 9.55. The minimum absolute atomic E-state index is 0.00922. The molecule has 6 N–H and O–H groups in total. The molecule has 198 valence electrons. The average molecular weight is 538 g/mol. The quantitative estimate of drug-likeness (QED) is 0.249. The normalized spacial score (nSPS) is 19.6. The van der Waals surface area contributed by atoms with Gasteiger partial charge in [0.1, 0.15) is 10.6 Å². The molecule has 36 heavy (non-hydrogen) atoms. The van der Waals surface area contributed by atoms with Gasteiger partial charge < -0.3 is 30.5 Å². The molecular formula is C24H35N5O5S2. The van der Waals surface area contributed by atoms with Gasteiger partial charge in [-0.05, 0) is 62.7 Å². The number of ether oxygens (including phenoxy) is 1. The Hall–Kier alpha value is -2.06. The number of aromatic nitrogens is 2. The fourth-order valence-electron chi connectivity index (χ4n) is 4.38. The van der Waals surface area contributed by atoms with Crippen molar-refractivity contribution in [3.63, 3.8) is 0 Å². The van der Waals surface area contributed by atoms with E-state index in [0.29, 0.717) is 62.2 Å². The van der Waals surface area contributed by atoms with Crippen molar-refractivity contribution in [2.24, 2.45) is 0 Å². The molecule has 2 aromatic rings. The van der Waals surface area contributed by atoms with Crippen LogP contribution in [0.2, 0.25) is 0 Å². The Kier molecular flexibility index (Phi) is 8.66. The molecule has 2 heterocycles. The smallest absolute Gasteiger partial charge is 0.170 e. The summed E-state index contributed by atoms with van der Waals surface area (Å²) < 4.78 is 27.0. The molecule has 2 fully saturated rings. The Balaban J connectivity index is 1.67. The van der Waals surface area contributed by atoms with Crippen LogP contribution in [0.3, 0.4) is 0 Å². The molecule has 2 aliphatic rings. The molecule has 1 aromatic heterocycles. The van der Waals surface area contributed by atoms with Crippen LogP contribution >= 0.6 is 22.8 Å². The van der Waals surface area contributed by atoms with Crippen LogP contribution in [-0.2, 0) is 9.48 Å². The summed E-state index contributed by atoms with van der Waals surface area (Å²) in [7, 11) is -2.99. The molecule has 0 bridgehead atoms. The van der Waals surface area contributed by atoms with Crippen LogP contribution in [0.15, 0.2) is 30.3 Å². The van der Waals surface area contributed by atoms with Crippen molar-refractivity contribution in [2.45, 2.75) is 37.0 Å². The highest BCUT2D eigenvalue weighted by Crippen LogP contribution is 2.71. The summed E-state index contributed by atoms with van der Waals surface area (Å²) in [5.41, 5.74) is 2.21. The number of hydrogen-bond donors (Lipinski definition) is 6. The van der Waals surface area contributed by atoms with Gasteiger partial charge >= 0.3 is 0 Å². The fraction of sp³-hybridized carbons (Fsp3) is 0.542. The molecule has 0 radical (unpaired) electrons. The van der Waals surface area contributed by atoms with Crippen molar-refractivity contribution >= 4 is 39.4 Å². The first-order valence-electron chi connectivity index (χ1n) is 12.2. The number of hydrogen-bond acceptors (Lipinski definition) is 9. The van der Waals surface area contributed by atoms with Crippen LogP contribution in [0.4, 0.5) is 11.5 Å². The van der Waals surface area contributed by atoms with Crippen molar-refractivity contribution in [2.75, 3.05) is 55.5 Å². The lowest BCUT2D eigenvalue weighted by Gasteiger charge is -2.41. The highest BCUT2D eigenvalue weighted by atomic mass is 32.3. The van der Waals surface area contributed by atoms with Crippen LogP contribution in [0.1, 0.15) is 31.9 Å². The van der Waals surface area contributed by atoms with Gasteiger partial charge in [-0.15, -0.1) is 0 Å². The van der Waals surface area contributed by atoms with E-state index in [4.69, 9.17) is 32.0 Å². The van der Waals surface area contributed by atoms with E-state index in [1.807, 2.05) is 30.3 Å². The first-order valence-corrected chi connectivity index (χ1v) is 14.3. The summed E-state index contributed by atoms with van der Waals surface area (Å²) in [6.45, 7) is 4.23. The third kappa shape index (κ3) is 5.91. The Morgan fingerprint density at radius 3 is 2.58 bits per heavy atom. The van der Waals surface area contributed by atoms with E-state index in [-0.39, 0.29) is 25.0 Å². The van der Waals surface area contributed by atoms with Gasteiger partial charge in [-0.1, -0.05) is 0 Å². The highest BCUT2D eigenvalue weighted by molar-refractivity contribution is 8.25. The van der Waals surface area contributed by atoms with E-state index >= 15 is 0 Å². The van der Waals surface area contributed by atoms with Gasteiger partial charge in [0.05, 0.1) is 31.6 Å². The van der Waals surface area contributed by atoms with Gasteiger partial charge in [0.15, 0.2) is 10.9 Å². The van der Waals surface area contributed by atoms with Crippen LogP contribution < -0.4 is 15.5 Å². The van der Waals surface area contributed by atoms with E-state index in [1.165, 1.54) is 0 Å². The second kappa shape index (κ2) is 11.5. The Bertz CT molecular complexity index is 1050. The molecule has 1 aliphatic carbocycles. The maximum Gasteiger partial charge on any atom is 0.170 e. The zero-order valence-electron chi connectivity index (χ0n) is 20.4. The van der Waals surface area contributed by atoms with Crippen molar-refractivity contribution in [1.82, 2.24) is 15.3 Å². The first-order chi connectivity index (χ1) is 17.3. The molecule has 0 spiro atoms. The number of aliphatic hydroxyl groups excluding tert-OH is 2. The maximum atomic E-state index is 11.1. The lowest BCUT2D eigenvalue weighted by molar-refractivity contribution is 0.0985. The topological polar surface area (TPSA) is 143 Å². The lowest BCUT2D eigenvalue weighted by Crippen LogP contribution is -2.44. The monoisotopic (exact) mass is 537 g/mol. The molecule has 1 aromatic carbocycles. The van der Waals surface area contributed by atoms with E-state index in [2.05, 4.69) is 22.5 Å². The van der Waals surface area contributed by atoms with Gasteiger partial charge in [0, 0.05) is 42.8 Å². The summed E-state index contributed by atoms with van der Waals surface area (Å²) in [6.07, 6.45) is 1.60. The van der Waals surface area contributed by atoms with Gasteiger partial charge in [-0.2, -0.15) is 10.6 Å². The van der Waals surface area contributed by atoms with Gasteiger partial charge in [-0.25, -0.2) is 9.97 Å². The van der Waals surface area contributed by atoms with Crippen molar-refractivity contribution < 1.29 is 24.1 Å². The van der Waals surface area contributed by atoms with Gasteiger partial charge in [0.25, 0.3) is 0 Å². The summed E-state index contributed by atoms with van der Waals surface area (Å²) in [4.78, 5) is 11.9. The standard InChI is InChI=1S/C24H35N5O5S2/c1-17-16-34-13-10-29(17)21-15-20(24(7-8-24)36(32,33)14-2-11-30)27-22(28-21)18-3-5-19(6-4-18)26-23(35)25-9-12-31/h3-6,15,17,30-33H,2,7-14,16H2,1H3,(H2,25,26,35)/t17-/m0/s1. The number of anilines is 2. The molecule has 1 aliphatic heterocycles. The summed E-state index contributed by atoms with van der Waals surface area (Å²) in [5.74, 6) is 1.40. The third-order valence-corrected chi connectivity index (χ3v) is 9.53. The predicted octanol–water partition coefficient (Wildman–Crippen LogP) is 2.77. The van der Waals surface area contributed by atoms with Crippen LogP contribution in [0.5, 0.6) is 0 Å². The van der Waals surface area contributed by atoms with Gasteiger partial charge in [-0.3, -0.25) is 9.11 Å². The van der Waals surface area contributed by atoms with Gasteiger partial charge in [0.2, 0.25) is 0 Å². The van der Waals surface area contributed by atoms with Crippen molar-refractivity contribution in [3.05, 3.63) is 36.0 Å². The molecule has 0 amide bonds. The fourth-order valence-corrected chi connectivity index (χ4v) is 6.72. The molecule has 1 saturated carbocycles. The van der Waals surface area contributed by atoms with E-state index in [0.717, 1.165) is 17.1 Å². The summed E-state index contributed by atoms with van der Waals surface area (Å²) in [5, 5.41) is 24.6. The number of morpholine rings is 1. The third-order valence-electron chi connectivity index (χ3n) is 6.56. The summed E-state index contributed by atoms with van der Waals surface area (Å²) >= 11 is 5.22. The maximum absolute atomic E-state index is 11.1. The van der Waals surface area contributed by atoms with Crippen LogP contribution in [-0.4, -0.2) is 85.7 Å². The van der Waals surface area contributed by atoms with Crippen LogP contribution in [0.25, 0.3) is 11.4 Å². The molecule has 1 saturated heterocycles. The lowest BCUT2D eigenvalue weighted by atomic mass is 10.1. The SMILES string of the molecule is C[C@H]1COCCN1c1cc(C2(S(O)(O)CCCO)CC2)nc(-c2ccc(NC(=S)NCCO)cc2)n1. The number of aliphatic hydroxyl groups is 2. The Morgan fingerprint density at radius 2 is 1.94 bits per heavy atom. The first kappa shape index (κ1) is 27.0. The predicted molar refractivity (Wildman–Crippen MR) is 147 cm³/mol. The second-order valence-electron chi connectivity index (χ2n) is 9.18. The molecular weight excluding hydrogens is 502 g/mol. The minimum atomic E-state index is -2.99. The molecule has 12 heteroatoms. The van der Waals surface area contributed by atoms with E-state index in [9.17, 15) is 14.2 Å². The van der Waals surface area contributed by atoms with E-state index in [1.54, 1.807) is 0 Å². The number of thiocarbonyl (C=S) groups is 1. The Morgan fingerprint density at radius 1 is 1.19 bits per heavy atom. The second-order valence-corrected chi connectivity index (χ2v) is 12.1. The molecule has 0 unspecified atom stereocenters. The van der Waals surface area contributed by atoms with Crippen molar-refractivity contribution in [1.29, 1.82) is 0 Å². The number of rotatable bonds is 10. The number of nitrogens with zero attached hydrogens (tertiary/aromatic N) is 3.